The number of halogens is 2. The van der Waals surface area contributed by atoms with Crippen molar-refractivity contribution in [2.75, 3.05) is 6.61 Å². The molecule has 2 aromatic carbocycles. The summed E-state index contributed by atoms with van der Waals surface area (Å²) in [5, 5.41) is 7.26. The van der Waals surface area contributed by atoms with Crippen LogP contribution in [0.15, 0.2) is 47.6 Å². The average Bonchev–Trinajstić information content (AvgIpc) is 3.61. The van der Waals surface area contributed by atoms with E-state index < -0.39 is 16.5 Å². The standard InChI is InChI=1S/C21H18F2N2O2S/c22-13-7-8-16(23)14(11-13)19-24-25(20-18(27-20)12-5-6-12)21(28-19)9-10-26-17-4-2-1-3-15(17)21/h1-4,7-8,11-12,18,20H,5-6,9-10H2. The summed E-state index contributed by atoms with van der Waals surface area (Å²) in [5.74, 6) is 0.455. The largest absolute Gasteiger partial charge is 0.493 e. The van der Waals surface area contributed by atoms with Gasteiger partial charge in [-0.1, -0.05) is 30.0 Å². The van der Waals surface area contributed by atoms with Crippen molar-refractivity contribution in [2.45, 2.75) is 36.5 Å². The zero-order valence-corrected chi connectivity index (χ0v) is 15.8. The van der Waals surface area contributed by atoms with Gasteiger partial charge in [-0.3, -0.25) is 0 Å². The third-order valence-electron chi connectivity index (χ3n) is 5.83. The summed E-state index contributed by atoms with van der Waals surface area (Å²) in [5.41, 5.74) is 1.20. The van der Waals surface area contributed by atoms with E-state index in [0.29, 0.717) is 24.0 Å². The molecule has 28 heavy (non-hydrogen) atoms. The van der Waals surface area contributed by atoms with E-state index >= 15 is 0 Å². The van der Waals surface area contributed by atoms with E-state index in [2.05, 4.69) is 0 Å². The van der Waals surface area contributed by atoms with Crippen LogP contribution in [0.5, 0.6) is 5.75 Å². The number of rotatable bonds is 3. The van der Waals surface area contributed by atoms with Crippen molar-refractivity contribution in [3.8, 4) is 5.75 Å². The number of fused-ring (bicyclic) bond motifs is 2. The van der Waals surface area contributed by atoms with E-state index in [1.807, 2.05) is 29.3 Å². The summed E-state index contributed by atoms with van der Waals surface area (Å²) < 4.78 is 40.2. The molecule has 0 radical (unpaired) electrons. The van der Waals surface area contributed by atoms with Gasteiger partial charge in [0.15, 0.2) is 6.23 Å². The highest BCUT2D eigenvalue weighted by Gasteiger charge is 2.61. The molecule has 144 valence electrons. The number of nitrogens with zero attached hydrogens (tertiary/aromatic N) is 2. The van der Waals surface area contributed by atoms with Crippen LogP contribution in [0.1, 0.15) is 30.4 Å². The maximum atomic E-state index is 14.5. The SMILES string of the molecule is Fc1ccc(F)c(C2=NN(C3OC3C3CC3)C3(CCOc4ccccc43)S2)c1. The molecule has 3 atom stereocenters. The number of para-hydroxylation sites is 1. The van der Waals surface area contributed by atoms with Crippen molar-refractivity contribution in [2.24, 2.45) is 11.0 Å². The molecule has 1 spiro atoms. The molecule has 6 rings (SSSR count). The normalized spacial score (nSPS) is 30.8. The smallest absolute Gasteiger partial charge is 0.174 e. The number of hydrogen-bond acceptors (Lipinski definition) is 5. The molecule has 0 bridgehead atoms. The number of benzene rings is 2. The molecular formula is C21H18F2N2O2S. The van der Waals surface area contributed by atoms with Gasteiger partial charge in [0.25, 0.3) is 0 Å². The second-order valence-corrected chi connectivity index (χ2v) is 8.95. The molecule has 0 N–H and O–H groups in total. The molecule has 2 aromatic rings. The monoisotopic (exact) mass is 400 g/mol. The molecule has 1 saturated heterocycles. The van der Waals surface area contributed by atoms with Crippen LogP contribution in [-0.4, -0.2) is 29.0 Å². The lowest BCUT2D eigenvalue weighted by molar-refractivity contribution is 0.0758. The molecule has 3 aliphatic heterocycles. The fourth-order valence-corrected chi connectivity index (χ4v) is 5.63. The zero-order chi connectivity index (χ0) is 18.9. The van der Waals surface area contributed by atoms with Crippen molar-refractivity contribution in [1.29, 1.82) is 0 Å². The second kappa shape index (κ2) is 5.94. The molecular weight excluding hydrogens is 382 g/mol. The van der Waals surface area contributed by atoms with Gasteiger partial charge in [-0.15, -0.1) is 0 Å². The average molecular weight is 400 g/mol. The highest BCUT2D eigenvalue weighted by Crippen LogP contribution is 2.58. The first-order valence-corrected chi connectivity index (χ1v) is 10.4. The van der Waals surface area contributed by atoms with Gasteiger partial charge in [0, 0.05) is 17.5 Å². The van der Waals surface area contributed by atoms with E-state index in [1.165, 1.54) is 30.7 Å². The van der Waals surface area contributed by atoms with Crippen LogP contribution in [0, 0.1) is 17.6 Å². The van der Waals surface area contributed by atoms with Crippen molar-refractivity contribution < 1.29 is 18.3 Å². The van der Waals surface area contributed by atoms with Crippen LogP contribution in [-0.2, 0) is 9.61 Å². The molecule has 0 amide bonds. The van der Waals surface area contributed by atoms with Gasteiger partial charge >= 0.3 is 0 Å². The fourth-order valence-electron chi connectivity index (χ4n) is 4.21. The molecule has 4 aliphatic rings. The lowest BCUT2D eigenvalue weighted by Crippen LogP contribution is -2.43. The predicted molar refractivity (Wildman–Crippen MR) is 102 cm³/mol. The Hall–Kier alpha value is -2.12. The summed E-state index contributed by atoms with van der Waals surface area (Å²) in [6.07, 6.45) is 3.11. The number of hydrogen-bond donors (Lipinski definition) is 0. The first-order valence-electron chi connectivity index (χ1n) is 9.56. The van der Waals surface area contributed by atoms with Crippen LogP contribution in [0.25, 0.3) is 0 Å². The molecule has 1 saturated carbocycles. The van der Waals surface area contributed by atoms with Gasteiger partial charge in [0.1, 0.15) is 33.4 Å². The van der Waals surface area contributed by atoms with Crippen molar-refractivity contribution in [3.05, 3.63) is 65.2 Å². The van der Waals surface area contributed by atoms with Crippen molar-refractivity contribution in [1.82, 2.24) is 5.01 Å². The van der Waals surface area contributed by atoms with Crippen LogP contribution in [0.4, 0.5) is 8.78 Å². The Labute approximate surface area is 165 Å². The maximum Gasteiger partial charge on any atom is 0.174 e. The van der Waals surface area contributed by atoms with E-state index in [9.17, 15) is 8.78 Å². The summed E-state index contributed by atoms with van der Waals surface area (Å²) in [6, 6.07) is 11.4. The highest BCUT2D eigenvalue weighted by molar-refractivity contribution is 8.15. The molecule has 3 unspecified atom stereocenters. The first-order chi connectivity index (χ1) is 13.7. The van der Waals surface area contributed by atoms with Gasteiger partial charge in [0.2, 0.25) is 0 Å². The lowest BCUT2D eigenvalue weighted by atomic mass is 9.98. The zero-order valence-electron chi connectivity index (χ0n) is 15.0. The Bertz CT molecular complexity index is 996. The predicted octanol–water partition coefficient (Wildman–Crippen LogP) is 4.45. The van der Waals surface area contributed by atoms with Crippen molar-refractivity contribution >= 4 is 16.8 Å². The first kappa shape index (κ1) is 16.8. The number of thioether (sulfide) groups is 1. The minimum Gasteiger partial charge on any atom is -0.493 e. The Balaban J connectivity index is 1.46. The number of ether oxygens (including phenoxy) is 2. The maximum absolute atomic E-state index is 14.5. The number of hydrazone groups is 1. The van der Waals surface area contributed by atoms with Crippen molar-refractivity contribution in [3.63, 3.8) is 0 Å². The van der Waals surface area contributed by atoms with Crippen LogP contribution in [0.2, 0.25) is 0 Å². The molecule has 0 aromatic heterocycles. The molecule has 1 aliphatic carbocycles. The summed E-state index contributed by atoms with van der Waals surface area (Å²) in [7, 11) is 0. The van der Waals surface area contributed by atoms with E-state index in [0.717, 1.165) is 23.4 Å². The molecule has 2 fully saturated rings. The van der Waals surface area contributed by atoms with Crippen LogP contribution >= 0.6 is 11.8 Å². The Kier molecular flexibility index (Phi) is 3.56. The Morgan fingerprint density at radius 2 is 2.00 bits per heavy atom. The van der Waals surface area contributed by atoms with E-state index in [4.69, 9.17) is 14.6 Å². The quantitative estimate of drug-likeness (QED) is 0.714. The summed E-state index contributed by atoms with van der Waals surface area (Å²) in [6.45, 7) is 0.537. The molecule has 3 heterocycles. The topological polar surface area (TPSA) is 37.4 Å². The van der Waals surface area contributed by atoms with E-state index in [1.54, 1.807) is 0 Å². The Morgan fingerprint density at radius 3 is 2.86 bits per heavy atom. The molecule has 7 heteroatoms. The Morgan fingerprint density at radius 1 is 1.14 bits per heavy atom. The minimum atomic E-state index is -0.531. The second-order valence-electron chi connectivity index (χ2n) is 7.68. The van der Waals surface area contributed by atoms with Gasteiger partial charge in [-0.25, -0.2) is 13.8 Å². The van der Waals surface area contributed by atoms with E-state index in [-0.39, 0.29) is 17.9 Å². The van der Waals surface area contributed by atoms with Gasteiger partial charge in [-0.05, 0) is 43.0 Å². The van der Waals surface area contributed by atoms with Crippen LogP contribution in [0.3, 0.4) is 0 Å². The van der Waals surface area contributed by atoms with Gasteiger partial charge < -0.3 is 9.47 Å². The third-order valence-corrected chi connectivity index (χ3v) is 7.27. The summed E-state index contributed by atoms with van der Waals surface area (Å²) >= 11 is 1.47. The van der Waals surface area contributed by atoms with Gasteiger partial charge in [-0.2, -0.15) is 5.10 Å². The third kappa shape index (κ3) is 2.49. The fraction of sp³-hybridized carbons (Fsp3) is 0.381. The lowest BCUT2D eigenvalue weighted by Gasteiger charge is -2.40. The highest BCUT2D eigenvalue weighted by atomic mass is 32.2. The van der Waals surface area contributed by atoms with Crippen LogP contribution < -0.4 is 4.74 Å². The summed E-state index contributed by atoms with van der Waals surface area (Å²) in [4.78, 5) is -0.531. The number of epoxide rings is 1. The molecule has 4 nitrogen and oxygen atoms in total. The minimum absolute atomic E-state index is 0.125. The van der Waals surface area contributed by atoms with Gasteiger partial charge in [0.05, 0.1) is 6.61 Å².